The number of carbonyl (C=O) groups excluding carboxylic acids is 3. The van der Waals surface area contributed by atoms with E-state index in [4.69, 9.17) is 18.9 Å². The molecule has 0 saturated carbocycles. The zero-order valence-corrected chi connectivity index (χ0v) is 29.7. The van der Waals surface area contributed by atoms with E-state index in [1.54, 1.807) is 51.2 Å². The number of rotatable bonds is 7. The zero-order chi connectivity index (χ0) is 36.4. The third kappa shape index (κ3) is 7.77. The van der Waals surface area contributed by atoms with E-state index in [1.807, 2.05) is 56.3 Å². The molecule has 0 aliphatic carbocycles. The standard InChI is InChI=1S/C40H43N3O8/c1-23-24(2)41-16-14-30(23)26-12-10-25(11-13-26)18-32(38(46)48-6)42-37(45)36-31-21-34-33(49-22-35(50-34)28-8-7-9-29(44)19-28)20-27(31)15-17-43(36)39(47)51-40(3,4)5/h7-14,16,19-21,32,35-36,44H,15,17-18,22H2,1-6H3,(H,42,45)/t32-,35+,36?/m0/s1. The lowest BCUT2D eigenvalue weighted by atomic mass is 9.90. The van der Waals surface area contributed by atoms with Crippen LogP contribution in [-0.4, -0.2) is 64.9 Å². The number of hydrogen-bond acceptors (Lipinski definition) is 9. The summed E-state index contributed by atoms with van der Waals surface area (Å²) in [5.74, 6) is -0.182. The van der Waals surface area contributed by atoms with Gasteiger partial charge in [0.2, 0.25) is 5.91 Å². The number of esters is 1. The Labute approximate surface area is 297 Å². The van der Waals surface area contributed by atoms with Crippen LogP contribution in [0.2, 0.25) is 0 Å². The number of fused-ring (bicyclic) bond motifs is 2. The first-order valence-corrected chi connectivity index (χ1v) is 17.0. The number of nitrogens with one attached hydrogen (secondary N) is 1. The molecule has 0 bridgehead atoms. The summed E-state index contributed by atoms with van der Waals surface area (Å²) in [7, 11) is 1.27. The van der Waals surface area contributed by atoms with Crippen LogP contribution in [0.3, 0.4) is 0 Å². The summed E-state index contributed by atoms with van der Waals surface area (Å²) >= 11 is 0. The minimum absolute atomic E-state index is 0.104. The van der Waals surface area contributed by atoms with E-state index >= 15 is 0 Å². The summed E-state index contributed by atoms with van der Waals surface area (Å²) in [4.78, 5) is 46.9. The number of aryl methyl sites for hydroxylation is 1. The summed E-state index contributed by atoms with van der Waals surface area (Å²) in [6.45, 7) is 9.70. The predicted molar refractivity (Wildman–Crippen MR) is 190 cm³/mol. The molecule has 1 aromatic heterocycles. The van der Waals surface area contributed by atoms with Crippen molar-refractivity contribution in [2.45, 2.75) is 71.2 Å². The van der Waals surface area contributed by atoms with Crippen LogP contribution in [0.5, 0.6) is 17.2 Å². The highest BCUT2D eigenvalue weighted by Gasteiger charge is 2.41. The number of aromatic hydroxyl groups is 1. The molecule has 4 aromatic rings. The van der Waals surface area contributed by atoms with Gasteiger partial charge in [-0.05, 0) is 110 Å². The largest absolute Gasteiger partial charge is 0.508 e. The number of ether oxygens (including phenoxy) is 4. The predicted octanol–water partition coefficient (Wildman–Crippen LogP) is 6.32. The van der Waals surface area contributed by atoms with E-state index in [9.17, 15) is 19.5 Å². The summed E-state index contributed by atoms with van der Waals surface area (Å²) in [5.41, 5.74) is 6.16. The average molecular weight is 694 g/mol. The fourth-order valence-corrected chi connectivity index (χ4v) is 6.47. The molecule has 2 N–H and O–H groups in total. The van der Waals surface area contributed by atoms with Crippen LogP contribution in [0.25, 0.3) is 11.1 Å². The highest BCUT2D eigenvalue weighted by atomic mass is 16.6. The molecule has 1 unspecified atom stereocenters. The first-order chi connectivity index (χ1) is 24.3. The number of nitrogens with zero attached hydrogens (tertiary/aromatic N) is 2. The topological polar surface area (TPSA) is 137 Å². The van der Waals surface area contributed by atoms with E-state index in [1.165, 1.54) is 12.0 Å². The summed E-state index contributed by atoms with van der Waals surface area (Å²) in [6.07, 6.45) is 1.20. The van der Waals surface area contributed by atoms with Crippen molar-refractivity contribution in [2.75, 3.05) is 20.3 Å². The van der Waals surface area contributed by atoms with Gasteiger partial charge in [0.05, 0.1) is 7.11 Å². The molecule has 0 radical (unpaired) electrons. The van der Waals surface area contributed by atoms with Gasteiger partial charge in [0.25, 0.3) is 0 Å². The van der Waals surface area contributed by atoms with Gasteiger partial charge in [0, 0.05) is 24.9 Å². The zero-order valence-electron chi connectivity index (χ0n) is 29.7. The van der Waals surface area contributed by atoms with E-state index in [0.717, 1.165) is 39.1 Å². The number of methoxy groups -OCH3 is 1. The van der Waals surface area contributed by atoms with Crippen molar-refractivity contribution in [3.05, 3.63) is 106 Å². The Hall–Kier alpha value is -5.58. The van der Waals surface area contributed by atoms with Crippen LogP contribution in [-0.2, 0) is 31.9 Å². The van der Waals surface area contributed by atoms with Gasteiger partial charge >= 0.3 is 12.1 Å². The summed E-state index contributed by atoms with van der Waals surface area (Å²) in [6, 6.07) is 17.9. The van der Waals surface area contributed by atoms with Crippen molar-refractivity contribution in [3.63, 3.8) is 0 Å². The lowest BCUT2D eigenvalue weighted by Crippen LogP contribution is -2.52. The molecule has 11 nitrogen and oxygen atoms in total. The molecule has 3 aromatic carbocycles. The Balaban J connectivity index is 1.30. The van der Waals surface area contributed by atoms with Gasteiger partial charge in [0.15, 0.2) is 17.6 Å². The van der Waals surface area contributed by atoms with Gasteiger partial charge in [-0.2, -0.15) is 0 Å². The number of hydrogen-bond donors (Lipinski definition) is 2. The molecule has 2 aliphatic heterocycles. The van der Waals surface area contributed by atoms with Crippen LogP contribution in [0.4, 0.5) is 4.79 Å². The molecule has 3 heterocycles. The van der Waals surface area contributed by atoms with Gasteiger partial charge in [-0.25, -0.2) is 9.59 Å². The van der Waals surface area contributed by atoms with Crippen LogP contribution in [0.15, 0.2) is 72.9 Å². The first-order valence-electron chi connectivity index (χ1n) is 17.0. The highest BCUT2D eigenvalue weighted by molar-refractivity contribution is 5.91. The maximum atomic E-state index is 14.4. The van der Waals surface area contributed by atoms with Gasteiger partial charge in [-0.3, -0.25) is 14.7 Å². The van der Waals surface area contributed by atoms with Crippen LogP contribution in [0, 0.1) is 13.8 Å². The molecule has 0 saturated heterocycles. The molecule has 2 aliphatic rings. The Morgan fingerprint density at radius 2 is 1.80 bits per heavy atom. The second-order valence-electron chi connectivity index (χ2n) is 13.9. The molecular formula is C40H43N3O8. The Kier molecular flexibility index (Phi) is 9.91. The van der Waals surface area contributed by atoms with Crippen LogP contribution in [0.1, 0.15) is 66.4 Å². The number of benzene rings is 3. The molecule has 51 heavy (non-hydrogen) atoms. The van der Waals surface area contributed by atoms with Gasteiger partial charge in [-0.15, -0.1) is 0 Å². The molecule has 0 spiro atoms. The average Bonchev–Trinajstić information content (AvgIpc) is 3.10. The van der Waals surface area contributed by atoms with E-state index in [0.29, 0.717) is 23.5 Å². The first kappa shape index (κ1) is 35.3. The van der Waals surface area contributed by atoms with Crippen molar-refractivity contribution < 1.29 is 38.4 Å². The number of phenolic OH excluding ortho intramolecular Hbond substituents is 1. The lowest BCUT2D eigenvalue weighted by Gasteiger charge is -2.38. The lowest BCUT2D eigenvalue weighted by molar-refractivity contribution is -0.145. The maximum absolute atomic E-state index is 14.4. The van der Waals surface area contributed by atoms with Crippen molar-refractivity contribution in [1.29, 1.82) is 0 Å². The molecule has 2 amide bonds. The van der Waals surface area contributed by atoms with Crippen LogP contribution >= 0.6 is 0 Å². The normalized spacial score (nSPS) is 17.2. The molecule has 266 valence electrons. The fraction of sp³-hybridized carbons (Fsp3) is 0.350. The second-order valence-corrected chi connectivity index (χ2v) is 13.9. The van der Waals surface area contributed by atoms with Crippen molar-refractivity contribution in [2.24, 2.45) is 0 Å². The summed E-state index contributed by atoms with van der Waals surface area (Å²) in [5, 5.41) is 12.9. The van der Waals surface area contributed by atoms with E-state index < -0.39 is 41.8 Å². The molecule has 0 fully saturated rings. The Morgan fingerprint density at radius 1 is 1.04 bits per heavy atom. The molecule has 3 atom stereocenters. The van der Waals surface area contributed by atoms with Crippen LogP contribution < -0.4 is 14.8 Å². The number of aromatic nitrogens is 1. The highest BCUT2D eigenvalue weighted by Crippen LogP contribution is 2.43. The van der Waals surface area contributed by atoms with E-state index in [2.05, 4.69) is 10.3 Å². The molecular weight excluding hydrogens is 650 g/mol. The number of carbonyl (C=O) groups is 3. The number of pyridine rings is 1. The Morgan fingerprint density at radius 3 is 2.51 bits per heavy atom. The number of phenols is 1. The van der Waals surface area contributed by atoms with Gasteiger partial charge in [-0.1, -0.05) is 36.4 Å². The smallest absolute Gasteiger partial charge is 0.411 e. The molecule has 11 heteroatoms. The maximum Gasteiger partial charge on any atom is 0.411 e. The Bertz CT molecular complexity index is 1950. The quantitative estimate of drug-likeness (QED) is 0.213. The second kappa shape index (κ2) is 14.3. The SMILES string of the molecule is COC(=O)[C@H](Cc1ccc(-c2ccnc(C)c2C)cc1)NC(=O)C1c2cc3c(cc2CCN1C(=O)OC(C)(C)C)OC[C@H](c1cccc(O)c1)O3. The summed E-state index contributed by atoms with van der Waals surface area (Å²) < 4.78 is 23.3. The minimum Gasteiger partial charge on any atom is -0.508 e. The minimum atomic E-state index is -1.15. The fourth-order valence-electron chi connectivity index (χ4n) is 6.47. The third-order valence-electron chi connectivity index (χ3n) is 9.17. The third-order valence-corrected chi connectivity index (χ3v) is 9.17. The van der Waals surface area contributed by atoms with Crippen molar-refractivity contribution >= 4 is 18.0 Å². The monoisotopic (exact) mass is 693 g/mol. The van der Waals surface area contributed by atoms with Gasteiger partial charge < -0.3 is 29.4 Å². The van der Waals surface area contributed by atoms with E-state index in [-0.39, 0.29) is 25.3 Å². The van der Waals surface area contributed by atoms with Crippen molar-refractivity contribution in [3.8, 4) is 28.4 Å². The number of amides is 2. The molecule has 6 rings (SSSR count). The van der Waals surface area contributed by atoms with Gasteiger partial charge in [0.1, 0.15) is 30.0 Å². The van der Waals surface area contributed by atoms with Crippen molar-refractivity contribution in [1.82, 2.24) is 15.2 Å².